The minimum Gasteiger partial charge on any atom is -0.324 e. The van der Waals surface area contributed by atoms with Crippen LogP contribution in [0, 0.1) is 0 Å². The molecule has 0 unspecified atom stereocenters. The number of rotatable bonds is 4. The summed E-state index contributed by atoms with van der Waals surface area (Å²) in [6.45, 7) is 3.85. The minimum atomic E-state index is -4.21. The Morgan fingerprint density at radius 3 is 3.00 bits per heavy atom. The highest BCUT2D eigenvalue weighted by atomic mass is 31.2. The normalized spacial score (nSPS) is 11.0. The number of aryl methyl sites for hydroxylation is 1. The van der Waals surface area contributed by atoms with Crippen molar-refractivity contribution >= 4 is 13.0 Å². The number of aromatic nitrogens is 2. The largest absolute Gasteiger partial charge is 0.374 e. The van der Waals surface area contributed by atoms with E-state index in [1.54, 1.807) is 6.08 Å². The van der Waals surface area contributed by atoms with E-state index >= 15 is 0 Å². The van der Waals surface area contributed by atoms with Gasteiger partial charge >= 0.3 is 7.60 Å². The van der Waals surface area contributed by atoms with E-state index in [9.17, 15) is 4.57 Å². The van der Waals surface area contributed by atoms with Gasteiger partial charge in [0.1, 0.15) is 0 Å². The van der Waals surface area contributed by atoms with Crippen LogP contribution in [-0.2, 0) is 11.1 Å². The molecule has 1 aromatic rings. The standard InChI is InChI=1S/C8H11N2O3P/c1-2-3-4-5-10-7-9-6-8(10)14(11,12)13/h3,6-7H,1,4-5H2,(H2,11,12,13). The molecule has 5 nitrogen and oxygen atoms in total. The molecule has 0 aliphatic carbocycles. The van der Waals surface area contributed by atoms with Crippen LogP contribution in [0.25, 0.3) is 0 Å². The Morgan fingerprint density at radius 2 is 2.43 bits per heavy atom. The summed E-state index contributed by atoms with van der Waals surface area (Å²) < 4.78 is 12.4. The lowest BCUT2D eigenvalue weighted by molar-refractivity contribution is 0.384. The second-order valence-corrected chi connectivity index (χ2v) is 4.23. The van der Waals surface area contributed by atoms with E-state index in [1.807, 2.05) is 0 Å². The van der Waals surface area contributed by atoms with Gasteiger partial charge in [-0.1, -0.05) is 6.58 Å². The van der Waals surface area contributed by atoms with Crippen LogP contribution in [0.5, 0.6) is 0 Å². The molecule has 0 aliphatic heterocycles. The predicted molar refractivity (Wildman–Crippen MR) is 52.2 cm³/mol. The highest BCUT2D eigenvalue weighted by molar-refractivity contribution is 7.60. The van der Waals surface area contributed by atoms with E-state index < -0.39 is 7.60 Å². The van der Waals surface area contributed by atoms with Gasteiger partial charge in [-0.15, -0.1) is 5.73 Å². The average molecular weight is 214 g/mol. The van der Waals surface area contributed by atoms with Crippen molar-refractivity contribution in [2.24, 2.45) is 0 Å². The predicted octanol–water partition coefficient (Wildman–Crippen LogP) is 0.417. The molecule has 0 aromatic carbocycles. The fourth-order valence-corrected chi connectivity index (χ4v) is 1.74. The van der Waals surface area contributed by atoms with Crippen LogP contribution in [-0.4, -0.2) is 19.3 Å². The van der Waals surface area contributed by atoms with Crippen molar-refractivity contribution in [3.63, 3.8) is 0 Å². The molecule has 0 amide bonds. The fraction of sp³-hybridized carbons (Fsp3) is 0.250. The molecule has 2 N–H and O–H groups in total. The van der Waals surface area contributed by atoms with Crippen LogP contribution in [0.1, 0.15) is 6.42 Å². The Bertz CT molecular complexity index is 400. The van der Waals surface area contributed by atoms with Crippen molar-refractivity contribution in [1.82, 2.24) is 9.55 Å². The highest BCUT2D eigenvalue weighted by Crippen LogP contribution is 2.32. The van der Waals surface area contributed by atoms with E-state index in [0.717, 1.165) is 0 Å². The maximum Gasteiger partial charge on any atom is 0.374 e. The molecule has 0 bridgehead atoms. The van der Waals surface area contributed by atoms with E-state index in [4.69, 9.17) is 9.79 Å². The molecule has 0 radical (unpaired) electrons. The summed E-state index contributed by atoms with van der Waals surface area (Å²) in [7, 11) is -4.21. The fourth-order valence-electron chi connectivity index (χ4n) is 1.03. The smallest absolute Gasteiger partial charge is 0.324 e. The molecular formula is C8H11N2O3P. The highest BCUT2D eigenvalue weighted by Gasteiger charge is 2.21. The number of allylic oxidation sites excluding steroid dienone is 1. The van der Waals surface area contributed by atoms with E-state index in [0.29, 0.717) is 13.0 Å². The summed E-state index contributed by atoms with van der Waals surface area (Å²) in [5.74, 6) is 0. The third kappa shape index (κ3) is 2.69. The maximum atomic E-state index is 10.9. The Balaban J connectivity index is 2.83. The molecule has 0 saturated heterocycles. The lowest BCUT2D eigenvalue weighted by atomic mass is 10.4. The molecule has 1 heterocycles. The topological polar surface area (TPSA) is 75.4 Å². The molecule has 0 aliphatic rings. The van der Waals surface area contributed by atoms with Crippen molar-refractivity contribution in [3.8, 4) is 0 Å². The molecule has 6 heteroatoms. The molecule has 0 atom stereocenters. The third-order valence-electron chi connectivity index (χ3n) is 1.65. The second kappa shape index (κ2) is 4.40. The summed E-state index contributed by atoms with van der Waals surface area (Å²) in [6.07, 6.45) is 4.89. The zero-order chi connectivity index (χ0) is 10.6. The molecule has 14 heavy (non-hydrogen) atoms. The number of nitrogens with zero attached hydrogens (tertiary/aromatic N) is 2. The number of hydrogen-bond donors (Lipinski definition) is 2. The molecule has 1 rings (SSSR count). The van der Waals surface area contributed by atoms with Crippen molar-refractivity contribution in [1.29, 1.82) is 0 Å². The zero-order valence-corrected chi connectivity index (χ0v) is 8.39. The Kier molecular flexibility index (Phi) is 3.44. The van der Waals surface area contributed by atoms with Gasteiger partial charge in [-0.2, -0.15) is 0 Å². The SMILES string of the molecule is C=C=CCCn1cncc1P(=O)(O)O. The van der Waals surface area contributed by atoms with Gasteiger partial charge in [-0.3, -0.25) is 4.57 Å². The van der Waals surface area contributed by atoms with E-state index in [-0.39, 0.29) is 5.44 Å². The molecule has 1 aromatic heterocycles. The monoisotopic (exact) mass is 214 g/mol. The number of hydrogen-bond acceptors (Lipinski definition) is 2. The Hall–Kier alpha value is -1.12. The van der Waals surface area contributed by atoms with Gasteiger partial charge in [0.25, 0.3) is 0 Å². The minimum absolute atomic E-state index is 0.0602. The first-order valence-electron chi connectivity index (χ1n) is 3.96. The van der Waals surface area contributed by atoms with Gasteiger partial charge in [-0.05, 0) is 12.5 Å². The zero-order valence-electron chi connectivity index (χ0n) is 7.50. The van der Waals surface area contributed by atoms with Crippen LogP contribution < -0.4 is 5.44 Å². The van der Waals surface area contributed by atoms with Crippen LogP contribution >= 0.6 is 7.60 Å². The van der Waals surface area contributed by atoms with Crippen LogP contribution in [0.15, 0.2) is 30.9 Å². The molecule has 0 fully saturated rings. The molecular weight excluding hydrogens is 203 g/mol. The molecule has 0 spiro atoms. The van der Waals surface area contributed by atoms with Gasteiger partial charge < -0.3 is 14.4 Å². The quantitative estimate of drug-likeness (QED) is 0.562. The van der Waals surface area contributed by atoms with E-state index in [1.165, 1.54) is 17.1 Å². The summed E-state index contributed by atoms with van der Waals surface area (Å²) in [5.41, 5.74) is 2.53. The van der Waals surface area contributed by atoms with Crippen LogP contribution in [0.3, 0.4) is 0 Å². The van der Waals surface area contributed by atoms with Crippen LogP contribution in [0.2, 0.25) is 0 Å². The second-order valence-electron chi connectivity index (χ2n) is 2.69. The Morgan fingerprint density at radius 1 is 1.71 bits per heavy atom. The summed E-state index contributed by atoms with van der Waals surface area (Å²) in [4.78, 5) is 21.5. The maximum absolute atomic E-state index is 10.9. The lowest BCUT2D eigenvalue weighted by Crippen LogP contribution is -2.16. The van der Waals surface area contributed by atoms with Crippen LogP contribution in [0.4, 0.5) is 0 Å². The molecule has 0 saturated carbocycles. The summed E-state index contributed by atoms with van der Waals surface area (Å²) in [6, 6.07) is 0. The number of imidazole rings is 1. The first-order valence-corrected chi connectivity index (χ1v) is 5.57. The first kappa shape index (κ1) is 11.0. The van der Waals surface area contributed by atoms with E-state index in [2.05, 4.69) is 17.3 Å². The first-order chi connectivity index (χ1) is 6.55. The van der Waals surface area contributed by atoms with Crippen molar-refractivity contribution in [3.05, 3.63) is 30.9 Å². The van der Waals surface area contributed by atoms with Crippen molar-refractivity contribution in [2.75, 3.05) is 0 Å². The van der Waals surface area contributed by atoms with Gasteiger partial charge in [0.05, 0.1) is 12.5 Å². The van der Waals surface area contributed by atoms with Crippen molar-refractivity contribution in [2.45, 2.75) is 13.0 Å². The van der Waals surface area contributed by atoms with Gasteiger partial charge in [0.15, 0.2) is 5.44 Å². The van der Waals surface area contributed by atoms with Crippen molar-refractivity contribution < 1.29 is 14.4 Å². The summed E-state index contributed by atoms with van der Waals surface area (Å²) >= 11 is 0. The average Bonchev–Trinajstić information content (AvgIpc) is 2.52. The Labute approximate surface area is 81.6 Å². The summed E-state index contributed by atoms with van der Waals surface area (Å²) in [5, 5.41) is 0. The lowest BCUT2D eigenvalue weighted by Gasteiger charge is -2.06. The van der Waals surface area contributed by atoms with Gasteiger partial charge in [0.2, 0.25) is 0 Å². The molecule has 76 valence electrons. The van der Waals surface area contributed by atoms with Gasteiger partial charge in [-0.25, -0.2) is 4.98 Å². The third-order valence-corrected chi connectivity index (χ3v) is 2.62. The van der Waals surface area contributed by atoms with Gasteiger partial charge in [0, 0.05) is 6.54 Å².